The van der Waals surface area contributed by atoms with Gasteiger partial charge < -0.3 is 10.1 Å². The fraction of sp³-hybridized carbons (Fsp3) is 0.583. The van der Waals surface area contributed by atoms with Crippen molar-refractivity contribution in [2.75, 3.05) is 19.8 Å². The summed E-state index contributed by atoms with van der Waals surface area (Å²) in [4.78, 5) is 19.3. The van der Waals surface area contributed by atoms with Gasteiger partial charge in [0.15, 0.2) is 0 Å². The standard InChI is InChI=1S/C12H18ClN3O2/c1-2-3-6-18-7-4-5-15-12(17)10-8-14-9-11(13)16-10/h8-9H,2-7H2,1H3,(H,15,17). The van der Waals surface area contributed by atoms with Crippen molar-refractivity contribution in [1.29, 1.82) is 0 Å². The molecule has 0 aromatic carbocycles. The number of hydrogen-bond acceptors (Lipinski definition) is 4. The molecule has 0 bridgehead atoms. The van der Waals surface area contributed by atoms with Gasteiger partial charge in [-0.3, -0.25) is 9.78 Å². The quantitative estimate of drug-likeness (QED) is 0.735. The zero-order valence-electron chi connectivity index (χ0n) is 10.5. The van der Waals surface area contributed by atoms with Crippen LogP contribution < -0.4 is 5.32 Å². The summed E-state index contributed by atoms with van der Waals surface area (Å²) in [6, 6.07) is 0. The Labute approximate surface area is 112 Å². The molecule has 0 fully saturated rings. The van der Waals surface area contributed by atoms with E-state index in [1.54, 1.807) is 0 Å². The predicted molar refractivity (Wildman–Crippen MR) is 69.7 cm³/mol. The van der Waals surface area contributed by atoms with Crippen molar-refractivity contribution in [3.63, 3.8) is 0 Å². The zero-order chi connectivity index (χ0) is 13.2. The highest BCUT2D eigenvalue weighted by molar-refractivity contribution is 6.29. The van der Waals surface area contributed by atoms with Crippen molar-refractivity contribution in [3.8, 4) is 0 Å². The molecule has 6 heteroatoms. The Bertz CT molecular complexity index is 374. The molecule has 0 saturated heterocycles. The average molecular weight is 272 g/mol. The highest BCUT2D eigenvalue weighted by Crippen LogP contribution is 2.02. The van der Waals surface area contributed by atoms with Gasteiger partial charge >= 0.3 is 0 Å². The Balaban J connectivity index is 2.14. The second-order valence-corrected chi connectivity index (χ2v) is 4.19. The lowest BCUT2D eigenvalue weighted by Crippen LogP contribution is -2.26. The first-order valence-electron chi connectivity index (χ1n) is 6.07. The molecule has 0 spiro atoms. The number of ether oxygens (including phenoxy) is 1. The highest BCUT2D eigenvalue weighted by Gasteiger charge is 2.07. The van der Waals surface area contributed by atoms with E-state index >= 15 is 0 Å². The summed E-state index contributed by atoms with van der Waals surface area (Å²) in [6.07, 6.45) is 5.76. The minimum Gasteiger partial charge on any atom is -0.381 e. The third-order valence-corrected chi connectivity index (χ3v) is 2.41. The van der Waals surface area contributed by atoms with Crippen LogP contribution in [-0.2, 0) is 4.74 Å². The van der Waals surface area contributed by atoms with E-state index in [-0.39, 0.29) is 16.8 Å². The van der Waals surface area contributed by atoms with Crippen molar-refractivity contribution < 1.29 is 9.53 Å². The third kappa shape index (κ3) is 5.93. The SMILES string of the molecule is CCCCOCCCNC(=O)c1cncc(Cl)n1. The van der Waals surface area contributed by atoms with Gasteiger partial charge in [0.05, 0.1) is 12.4 Å². The van der Waals surface area contributed by atoms with E-state index in [9.17, 15) is 4.79 Å². The summed E-state index contributed by atoms with van der Waals surface area (Å²) in [6.45, 7) is 4.11. The summed E-state index contributed by atoms with van der Waals surface area (Å²) in [5, 5.41) is 2.95. The van der Waals surface area contributed by atoms with Gasteiger partial charge in [-0.25, -0.2) is 4.98 Å². The van der Waals surface area contributed by atoms with Crippen molar-refractivity contribution in [2.24, 2.45) is 0 Å². The van der Waals surface area contributed by atoms with Gasteiger partial charge in [-0.15, -0.1) is 0 Å². The van der Waals surface area contributed by atoms with Gasteiger partial charge in [0, 0.05) is 19.8 Å². The van der Waals surface area contributed by atoms with Crippen LogP contribution in [0.15, 0.2) is 12.4 Å². The average Bonchev–Trinajstić information content (AvgIpc) is 2.37. The molecule has 100 valence electrons. The summed E-state index contributed by atoms with van der Waals surface area (Å²) in [5.41, 5.74) is 0.231. The van der Waals surface area contributed by atoms with Crippen molar-refractivity contribution in [1.82, 2.24) is 15.3 Å². The number of aromatic nitrogens is 2. The number of nitrogens with one attached hydrogen (secondary N) is 1. The number of rotatable bonds is 8. The molecular formula is C12H18ClN3O2. The fourth-order valence-electron chi connectivity index (χ4n) is 1.27. The van der Waals surface area contributed by atoms with Crippen LogP contribution in [0, 0.1) is 0 Å². The van der Waals surface area contributed by atoms with Gasteiger partial charge in [0.1, 0.15) is 10.8 Å². The summed E-state index contributed by atoms with van der Waals surface area (Å²) >= 11 is 5.65. The molecule has 1 aromatic heterocycles. The minimum absolute atomic E-state index is 0.213. The summed E-state index contributed by atoms with van der Waals surface area (Å²) in [7, 11) is 0. The number of halogens is 1. The first-order valence-corrected chi connectivity index (χ1v) is 6.45. The Kier molecular flexibility index (Phi) is 7.29. The number of nitrogens with zero attached hydrogens (tertiary/aromatic N) is 2. The van der Waals surface area contributed by atoms with Gasteiger partial charge in [-0.05, 0) is 12.8 Å². The molecule has 1 heterocycles. The van der Waals surface area contributed by atoms with Crippen LogP contribution in [0.5, 0.6) is 0 Å². The molecule has 0 aliphatic carbocycles. The smallest absolute Gasteiger partial charge is 0.271 e. The predicted octanol–water partition coefficient (Wildman–Crippen LogP) is 2.07. The van der Waals surface area contributed by atoms with E-state index in [0.717, 1.165) is 25.9 Å². The fourth-order valence-corrected chi connectivity index (χ4v) is 1.41. The normalized spacial score (nSPS) is 10.3. The molecule has 1 aromatic rings. The molecule has 18 heavy (non-hydrogen) atoms. The lowest BCUT2D eigenvalue weighted by molar-refractivity contribution is 0.0935. The van der Waals surface area contributed by atoms with Gasteiger partial charge in [-0.1, -0.05) is 24.9 Å². The van der Waals surface area contributed by atoms with E-state index in [0.29, 0.717) is 13.2 Å². The molecule has 0 aliphatic rings. The maximum atomic E-state index is 11.6. The number of unbranched alkanes of at least 4 members (excludes halogenated alkanes) is 1. The molecule has 1 N–H and O–H groups in total. The molecule has 0 radical (unpaired) electrons. The largest absolute Gasteiger partial charge is 0.381 e. The third-order valence-electron chi connectivity index (χ3n) is 2.23. The second-order valence-electron chi connectivity index (χ2n) is 3.80. The van der Waals surface area contributed by atoms with Crippen molar-refractivity contribution in [3.05, 3.63) is 23.2 Å². The minimum atomic E-state index is -0.265. The number of hydrogen-bond donors (Lipinski definition) is 1. The van der Waals surface area contributed by atoms with Crippen molar-refractivity contribution >= 4 is 17.5 Å². The van der Waals surface area contributed by atoms with Crippen LogP contribution >= 0.6 is 11.6 Å². The van der Waals surface area contributed by atoms with Gasteiger partial charge in [0.25, 0.3) is 5.91 Å². The summed E-state index contributed by atoms with van der Waals surface area (Å²) < 4.78 is 5.38. The van der Waals surface area contributed by atoms with Crippen molar-refractivity contribution in [2.45, 2.75) is 26.2 Å². The topological polar surface area (TPSA) is 64.1 Å². The van der Waals surface area contributed by atoms with Crippen LogP contribution in [-0.4, -0.2) is 35.6 Å². The van der Waals surface area contributed by atoms with Gasteiger partial charge in [0.2, 0.25) is 0 Å². The number of carbonyl (C=O) groups excluding carboxylic acids is 1. The van der Waals surface area contributed by atoms with E-state index in [4.69, 9.17) is 16.3 Å². The Morgan fingerprint density at radius 2 is 2.17 bits per heavy atom. The first kappa shape index (κ1) is 14.9. The van der Waals surface area contributed by atoms with Crippen LogP contribution in [0.3, 0.4) is 0 Å². The number of carbonyl (C=O) groups is 1. The van der Waals surface area contributed by atoms with Crippen LogP contribution in [0.25, 0.3) is 0 Å². The monoisotopic (exact) mass is 271 g/mol. The molecular weight excluding hydrogens is 254 g/mol. The Morgan fingerprint density at radius 1 is 1.39 bits per heavy atom. The lowest BCUT2D eigenvalue weighted by Gasteiger charge is -2.05. The Hall–Kier alpha value is -1.20. The van der Waals surface area contributed by atoms with Gasteiger partial charge in [-0.2, -0.15) is 0 Å². The zero-order valence-corrected chi connectivity index (χ0v) is 11.2. The van der Waals surface area contributed by atoms with Crippen LogP contribution in [0.4, 0.5) is 0 Å². The number of amides is 1. The molecule has 0 aliphatic heterocycles. The lowest BCUT2D eigenvalue weighted by atomic mass is 10.3. The maximum absolute atomic E-state index is 11.6. The second kappa shape index (κ2) is 8.83. The first-order chi connectivity index (χ1) is 8.74. The summed E-state index contributed by atoms with van der Waals surface area (Å²) in [5.74, 6) is -0.265. The highest BCUT2D eigenvalue weighted by atomic mass is 35.5. The molecule has 0 unspecified atom stereocenters. The van der Waals surface area contributed by atoms with Crippen LogP contribution in [0.2, 0.25) is 5.15 Å². The molecule has 0 saturated carbocycles. The molecule has 0 atom stereocenters. The van der Waals surface area contributed by atoms with E-state index in [1.165, 1.54) is 12.4 Å². The van der Waals surface area contributed by atoms with E-state index in [1.807, 2.05) is 0 Å². The van der Waals surface area contributed by atoms with Crippen LogP contribution in [0.1, 0.15) is 36.7 Å². The molecule has 5 nitrogen and oxygen atoms in total. The molecule has 1 amide bonds. The van der Waals surface area contributed by atoms with E-state index < -0.39 is 0 Å². The molecule has 1 rings (SSSR count). The Morgan fingerprint density at radius 3 is 2.89 bits per heavy atom. The maximum Gasteiger partial charge on any atom is 0.271 e. The van der Waals surface area contributed by atoms with E-state index in [2.05, 4.69) is 22.2 Å².